The number of benzene rings is 1. The van der Waals surface area contributed by atoms with Crippen LogP contribution in [-0.4, -0.2) is 17.0 Å². The third-order valence-electron chi connectivity index (χ3n) is 2.55. The molecule has 0 aliphatic heterocycles. The van der Waals surface area contributed by atoms with E-state index >= 15 is 0 Å². The van der Waals surface area contributed by atoms with Crippen molar-refractivity contribution in [3.8, 4) is 5.75 Å². The number of carbonyl (C=O) groups is 2. The first-order valence-corrected chi connectivity index (χ1v) is 6.35. The van der Waals surface area contributed by atoms with Crippen LogP contribution in [0.4, 0.5) is 0 Å². The normalized spacial score (nSPS) is 10.6. The Morgan fingerprint density at radius 2 is 1.89 bits per heavy atom. The molecule has 0 unspecified atom stereocenters. The molecule has 0 saturated heterocycles. The second-order valence-electron chi connectivity index (χ2n) is 4.15. The zero-order chi connectivity index (χ0) is 14.1. The van der Waals surface area contributed by atoms with E-state index < -0.39 is 11.9 Å². The lowest BCUT2D eigenvalue weighted by Gasteiger charge is -2.01. The van der Waals surface area contributed by atoms with Crippen molar-refractivity contribution in [3.05, 3.63) is 42.0 Å². The third-order valence-corrected chi connectivity index (χ3v) is 2.55. The number of unbranched alkanes of at least 4 members (excludes halogenated alkanes) is 3. The first-order chi connectivity index (χ1) is 9.13. The van der Waals surface area contributed by atoms with Crippen molar-refractivity contribution < 1.29 is 19.4 Å². The van der Waals surface area contributed by atoms with Gasteiger partial charge in [-0.1, -0.05) is 25.8 Å². The number of carbonyl (C=O) groups excluding carboxylic acids is 1. The standard InChI is InChI=1S/C15H18O4/c1-2-3-4-5-6-7-14(16)19-13-10-8-12(9-11-13)15(17)18/h6-11H,2-5H2,1H3,(H,17,18). The highest BCUT2D eigenvalue weighted by molar-refractivity contribution is 5.88. The minimum Gasteiger partial charge on any atom is -0.478 e. The summed E-state index contributed by atoms with van der Waals surface area (Å²) in [5.41, 5.74) is 0.162. The molecule has 1 rings (SSSR count). The first kappa shape index (κ1) is 15.0. The summed E-state index contributed by atoms with van der Waals surface area (Å²) in [5.74, 6) is -1.11. The Labute approximate surface area is 112 Å². The van der Waals surface area contributed by atoms with Gasteiger partial charge in [0.1, 0.15) is 5.75 Å². The highest BCUT2D eigenvalue weighted by Crippen LogP contribution is 2.12. The minimum atomic E-state index is -1.01. The van der Waals surface area contributed by atoms with Crippen molar-refractivity contribution in [2.75, 3.05) is 0 Å². The maximum Gasteiger partial charge on any atom is 0.335 e. The molecule has 0 atom stereocenters. The average Bonchev–Trinajstić information content (AvgIpc) is 2.39. The fourth-order valence-corrected chi connectivity index (χ4v) is 1.51. The van der Waals surface area contributed by atoms with Crippen molar-refractivity contribution in [3.63, 3.8) is 0 Å². The molecule has 0 fully saturated rings. The summed E-state index contributed by atoms with van der Waals surface area (Å²) < 4.78 is 5.04. The fraction of sp³-hybridized carbons (Fsp3) is 0.333. The van der Waals surface area contributed by atoms with E-state index in [1.54, 1.807) is 6.08 Å². The van der Waals surface area contributed by atoms with Gasteiger partial charge in [0, 0.05) is 6.08 Å². The Hall–Kier alpha value is -2.10. The van der Waals surface area contributed by atoms with Crippen LogP contribution < -0.4 is 4.74 Å². The van der Waals surface area contributed by atoms with Crippen LogP contribution in [0.2, 0.25) is 0 Å². The van der Waals surface area contributed by atoms with E-state index in [9.17, 15) is 9.59 Å². The summed E-state index contributed by atoms with van der Waals surface area (Å²) in [6.07, 6.45) is 7.42. The van der Waals surface area contributed by atoms with Gasteiger partial charge in [0.15, 0.2) is 0 Å². The third kappa shape index (κ3) is 5.86. The van der Waals surface area contributed by atoms with E-state index in [4.69, 9.17) is 9.84 Å². The Kier molecular flexibility index (Phi) is 6.36. The van der Waals surface area contributed by atoms with Crippen LogP contribution >= 0.6 is 0 Å². The van der Waals surface area contributed by atoms with E-state index in [0.29, 0.717) is 5.75 Å². The fourth-order valence-electron chi connectivity index (χ4n) is 1.51. The zero-order valence-electron chi connectivity index (χ0n) is 11.0. The molecule has 102 valence electrons. The monoisotopic (exact) mass is 262 g/mol. The Morgan fingerprint density at radius 3 is 2.47 bits per heavy atom. The molecule has 0 heterocycles. The number of esters is 1. The maximum atomic E-state index is 11.4. The molecule has 0 radical (unpaired) electrons. The lowest BCUT2D eigenvalue weighted by molar-refractivity contribution is -0.129. The van der Waals surface area contributed by atoms with Gasteiger partial charge < -0.3 is 9.84 Å². The molecule has 0 aromatic heterocycles. The lowest BCUT2D eigenvalue weighted by atomic mass is 10.2. The van der Waals surface area contributed by atoms with Crippen LogP contribution in [0.3, 0.4) is 0 Å². The molecular formula is C15H18O4. The SMILES string of the molecule is CCCCCC=CC(=O)Oc1ccc(C(=O)O)cc1. The summed E-state index contributed by atoms with van der Waals surface area (Å²) >= 11 is 0. The number of hydrogen-bond donors (Lipinski definition) is 1. The maximum absolute atomic E-state index is 11.4. The van der Waals surface area contributed by atoms with E-state index in [1.165, 1.54) is 30.3 Å². The summed E-state index contributed by atoms with van der Waals surface area (Å²) in [6, 6.07) is 5.73. The molecule has 0 aliphatic rings. The predicted molar refractivity (Wildman–Crippen MR) is 72.3 cm³/mol. The highest BCUT2D eigenvalue weighted by atomic mass is 16.5. The van der Waals surface area contributed by atoms with Crippen LogP contribution in [0, 0.1) is 0 Å². The molecule has 0 amide bonds. The quantitative estimate of drug-likeness (QED) is 0.354. The molecule has 0 bridgehead atoms. The number of hydrogen-bond acceptors (Lipinski definition) is 3. The average molecular weight is 262 g/mol. The smallest absolute Gasteiger partial charge is 0.335 e. The summed E-state index contributed by atoms with van der Waals surface area (Å²) in [4.78, 5) is 22.1. The van der Waals surface area contributed by atoms with Crippen molar-refractivity contribution >= 4 is 11.9 Å². The summed E-state index contributed by atoms with van der Waals surface area (Å²) in [5, 5.41) is 8.73. The first-order valence-electron chi connectivity index (χ1n) is 6.35. The number of rotatable bonds is 7. The largest absolute Gasteiger partial charge is 0.478 e. The van der Waals surface area contributed by atoms with E-state index in [0.717, 1.165) is 25.7 Å². The van der Waals surface area contributed by atoms with Gasteiger partial charge in [-0.05, 0) is 37.1 Å². The van der Waals surface area contributed by atoms with Crippen molar-refractivity contribution in [1.29, 1.82) is 0 Å². The van der Waals surface area contributed by atoms with Gasteiger partial charge in [0.2, 0.25) is 0 Å². The van der Waals surface area contributed by atoms with Crippen LogP contribution in [-0.2, 0) is 4.79 Å². The molecule has 4 heteroatoms. The van der Waals surface area contributed by atoms with Gasteiger partial charge in [0.05, 0.1) is 5.56 Å². The van der Waals surface area contributed by atoms with Gasteiger partial charge in [-0.3, -0.25) is 0 Å². The van der Waals surface area contributed by atoms with Crippen LogP contribution in [0.15, 0.2) is 36.4 Å². The second-order valence-corrected chi connectivity index (χ2v) is 4.15. The van der Waals surface area contributed by atoms with Gasteiger partial charge in [-0.15, -0.1) is 0 Å². The van der Waals surface area contributed by atoms with Crippen LogP contribution in [0.25, 0.3) is 0 Å². The van der Waals surface area contributed by atoms with Gasteiger partial charge in [-0.25, -0.2) is 9.59 Å². The minimum absolute atomic E-state index is 0.162. The van der Waals surface area contributed by atoms with Crippen molar-refractivity contribution in [2.45, 2.75) is 32.6 Å². The van der Waals surface area contributed by atoms with Crippen LogP contribution in [0.1, 0.15) is 43.0 Å². The van der Waals surface area contributed by atoms with Gasteiger partial charge in [0.25, 0.3) is 0 Å². The molecule has 19 heavy (non-hydrogen) atoms. The lowest BCUT2D eigenvalue weighted by Crippen LogP contribution is -2.04. The number of allylic oxidation sites excluding steroid dienone is 1. The van der Waals surface area contributed by atoms with Crippen molar-refractivity contribution in [2.24, 2.45) is 0 Å². The summed E-state index contributed by atoms with van der Waals surface area (Å²) in [6.45, 7) is 2.12. The molecule has 0 aliphatic carbocycles. The van der Waals surface area contributed by atoms with E-state index in [-0.39, 0.29) is 5.56 Å². The van der Waals surface area contributed by atoms with E-state index in [1.807, 2.05) is 0 Å². The second kappa shape index (κ2) is 8.08. The Balaban J connectivity index is 2.41. The number of carboxylic acids is 1. The molecule has 1 N–H and O–H groups in total. The zero-order valence-corrected chi connectivity index (χ0v) is 11.0. The molecule has 0 saturated carbocycles. The van der Waals surface area contributed by atoms with Gasteiger partial charge in [-0.2, -0.15) is 0 Å². The molecule has 4 nitrogen and oxygen atoms in total. The van der Waals surface area contributed by atoms with Crippen molar-refractivity contribution in [1.82, 2.24) is 0 Å². The molecule has 0 spiro atoms. The summed E-state index contributed by atoms with van der Waals surface area (Å²) in [7, 11) is 0. The van der Waals surface area contributed by atoms with Crippen LogP contribution in [0.5, 0.6) is 5.75 Å². The predicted octanol–water partition coefficient (Wildman–Crippen LogP) is 3.43. The number of aromatic carboxylic acids is 1. The molecule has 1 aromatic rings. The highest BCUT2D eigenvalue weighted by Gasteiger charge is 2.04. The molecule has 1 aromatic carbocycles. The van der Waals surface area contributed by atoms with Gasteiger partial charge >= 0.3 is 11.9 Å². The number of ether oxygens (including phenoxy) is 1. The molecular weight excluding hydrogens is 244 g/mol. The Morgan fingerprint density at radius 1 is 1.21 bits per heavy atom. The van der Waals surface area contributed by atoms with E-state index in [2.05, 4.69) is 6.92 Å². The number of carboxylic acid groups (broad SMARTS) is 1. The topological polar surface area (TPSA) is 63.6 Å². The Bertz CT molecular complexity index is 446.